The Morgan fingerprint density at radius 2 is 2.12 bits per heavy atom. The summed E-state index contributed by atoms with van der Waals surface area (Å²) in [5.74, 6) is -0.159. The van der Waals surface area contributed by atoms with Gasteiger partial charge in [-0.25, -0.2) is 9.59 Å². The third kappa shape index (κ3) is 8.62. The summed E-state index contributed by atoms with van der Waals surface area (Å²) < 4.78 is 4.98. The molecule has 0 saturated carbocycles. The third-order valence-electron chi connectivity index (χ3n) is 1.51. The molecular weight excluding hydrogens is 242 g/mol. The Hall–Kier alpha value is -1.17. The number of carbonyl (C=O) groups excluding carboxylic acids is 1. The smallest absolute Gasteiger partial charge is 0.408 e. The van der Waals surface area contributed by atoms with E-state index < -0.39 is 23.7 Å². The molecule has 98 valence electrons. The standard InChI is InChI=1S/C11H19NO4S/c1-5-6-17-7-8(9(13)14)12-10(15)16-11(2,3)4/h5,8H,1,6-7H2,2-4H3,(H,12,15)(H,13,14)/t8-/m1/s1. The normalized spacial score (nSPS) is 12.6. The van der Waals surface area contributed by atoms with Gasteiger partial charge in [0.15, 0.2) is 0 Å². The molecule has 0 bridgehead atoms. The fourth-order valence-electron chi connectivity index (χ4n) is 0.894. The first kappa shape index (κ1) is 15.8. The molecule has 17 heavy (non-hydrogen) atoms. The van der Waals surface area contributed by atoms with Gasteiger partial charge in [0.05, 0.1) is 0 Å². The highest BCUT2D eigenvalue weighted by atomic mass is 32.2. The van der Waals surface area contributed by atoms with Gasteiger partial charge in [-0.1, -0.05) is 6.08 Å². The Labute approximate surface area is 106 Å². The predicted molar refractivity (Wildman–Crippen MR) is 68.3 cm³/mol. The van der Waals surface area contributed by atoms with E-state index in [1.165, 1.54) is 11.8 Å². The van der Waals surface area contributed by atoms with Crippen molar-refractivity contribution in [1.29, 1.82) is 0 Å². The summed E-state index contributed by atoms with van der Waals surface area (Å²) in [5.41, 5.74) is -0.638. The van der Waals surface area contributed by atoms with Crippen molar-refractivity contribution in [3.63, 3.8) is 0 Å². The molecule has 1 atom stereocenters. The van der Waals surface area contributed by atoms with E-state index >= 15 is 0 Å². The van der Waals surface area contributed by atoms with Crippen molar-refractivity contribution in [3.05, 3.63) is 12.7 Å². The van der Waals surface area contributed by atoms with E-state index in [1.807, 2.05) is 0 Å². The molecule has 0 saturated heterocycles. The molecule has 0 aromatic rings. The van der Waals surface area contributed by atoms with E-state index in [9.17, 15) is 9.59 Å². The maximum Gasteiger partial charge on any atom is 0.408 e. The number of aliphatic carboxylic acids is 1. The fourth-order valence-corrected chi connectivity index (χ4v) is 1.66. The van der Waals surface area contributed by atoms with Crippen molar-refractivity contribution in [2.45, 2.75) is 32.4 Å². The number of hydrogen-bond acceptors (Lipinski definition) is 4. The third-order valence-corrected chi connectivity index (χ3v) is 2.55. The molecule has 0 aliphatic rings. The number of hydrogen-bond donors (Lipinski definition) is 2. The van der Waals surface area contributed by atoms with Gasteiger partial charge in [0.1, 0.15) is 11.6 Å². The summed E-state index contributed by atoms with van der Waals surface area (Å²) in [4.78, 5) is 22.3. The molecule has 0 unspecified atom stereocenters. The molecule has 0 aromatic heterocycles. The molecule has 0 heterocycles. The lowest BCUT2D eigenvalue weighted by Crippen LogP contribution is -2.44. The number of carbonyl (C=O) groups is 2. The number of thioether (sulfide) groups is 1. The minimum absolute atomic E-state index is 0.278. The summed E-state index contributed by atoms with van der Waals surface area (Å²) in [6, 6.07) is -0.949. The van der Waals surface area contributed by atoms with Crippen LogP contribution in [0, 0.1) is 0 Å². The number of carboxylic acids is 1. The highest BCUT2D eigenvalue weighted by molar-refractivity contribution is 7.99. The van der Waals surface area contributed by atoms with Crippen LogP contribution in [0.3, 0.4) is 0 Å². The maximum absolute atomic E-state index is 11.4. The zero-order valence-electron chi connectivity index (χ0n) is 10.4. The molecule has 1 amide bonds. The zero-order chi connectivity index (χ0) is 13.5. The lowest BCUT2D eigenvalue weighted by atomic mass is 10.2. The van der Waals surface area contributed by atoms with E-state index in [0.717, 1.165) is 0 Å². The van der Waals surface area contributed by atoms with E-state index in [2.05, 4.69) is 11.9 Å². The molecule has 0 rings (SSSR count). The SMILES string of the molecule is C=CCSC[C@@H](NC(=O)OC(C)(C)C)C(=O)O. The predicted octanol–water partition coefficient (Wildman–Crippen LogP) is 1.88. The lowest BCUT2D eigenvalue weighted by molar-refractivity contribution is -0.138. The van der Waals surface area contributed by atoms with Crippen LogP contribution in [-0.4, -0.2) is 40.3 Å². The summed E-state index contributed by atoms with van der Waals surface area (Å²) >= 11 is 1.38. The van der Waals surface area contributed by atoms with Crippen molar-refractivity contribution in [3.8, 4) is 0 Å². The van der Waals surface area contributed by atoms with E-state index in [1.54, 1.807) is 26.8 Å². The minimum atomic E-state index is -1.08. The van der Waals surface area contributed by atoms with Gasteiger partial charge in [0.25, 0.3) is 0 Å². The number of carboxylic acid groups (broad SMARTS) is 1. The second-order valence-corrected chi connectivity index (χ2v) is 5.44. The second-order valence-electron chi connectivity index (χ2n) is 4.36. The molecule has 0 spiro atoms. The van der Waals surface area contributed by atoms with Crippen LogP contribution in [0.4, 0.5) is 4.79 Å². The van der Waals surface area contributed by atoms with Crippen LogP contribution >= 0.6 is 11.8 Å². The molecular formula is C11H19NO4S. The van der Waals surface area contributed by atoms with Gasteiger partial charge in [-0.2, -0.15) is 11.8 Å². The zero-order valence-corrected chi connectivity index (χ0v) is 11.2. The molecule has 0 aliphatic carbocycles. The van der Waals surface area contributed by atoms with Crippen LogP contribution in [0.1, 0.15) is 20.8 Å². The van der Waals surface area contributed by atoms with Gasteiger partial charge in [-0.05, 0) is 20.8 Å². The van der Waals surface area contributed by atoms with Gasteiger partial charge in [0, 0.05) is 11.5 Å². The average Bonchev–Trinajstić information content (AvgIpc) is 2.13. The van der Waals surface area contributed by atoms with Crippen molar-refractivity contribution in [1.82, 2.24) is 5.32 Å². The van der Waals surface area contributed by atoms with Crippen molar-refractivity contribution < 1.29 is 19.4 Å². The van der Waals surface area contributed by atoms with E-state index in [-0.39, 0.29) is 5.75 Å². The van der Waals surface area contributed by atoms with Gasteiger partial charge < -0.3 is 15.2 Å². The first-order valence-electron chi connectivity index (χ1n) is 5.17. The first-order valence-corrected chi connectivity index (χ1v) is 6.32. The molecule has 2 N–H and O–H groups in total. The summed E-state index contributed by atoms with van der Waals surface area (Å²) in [6.45, 7) is 8.68. The average molecular weight is 261 g/mol. The summed E-state index contributed by atoms with van der Waals surface area (Å²) in [5, 5.41) is 11.2. The molecule has 6 heteroatoms. The maximum atomic E-state index is 11.4. The van der Waals surface area contributed by atoms with Gasteiger partial charge in [-0.15, -0.1) is 6.58 Å². The van der Waals surface area contributed by atoms with Crippen LogP contribution in [-0.2, 0) is 9.53 Å². The Morgan fingerprint density at radius 3 is 2.53 bits per heavy atom. The number of amides is 1. The Balaban J connectivity index is 4.20. The van der Waals surface area contributed by atoms with Gasteiger partial charge in [-0.3, -0.25) is 0 Å². The molecule has 0 aliphatic heterocycles. The van der Waals surface area contributed by atoms with Gasteiger partial charge in [0.2, 0.25) is 0 Å². The number of nitrogens with one attached hydrogen (secondary N) is 1. The number of rotatable bonds is 6. The quantitative estimate of drug-likeness (QED) is 0.564. The Bertz CT molecular complexity index is 286. The number of alkyl carbamates (subject to hydrolysis) is 1. The Morgan fingerprint density at radius 1 is 1.53 bits per heavy atom. The van der Waals surface area contributed by atoms with Crippen LogP contribution in [0.15, 0.2) is 12.7 Å². The van der Waals surface area contributed by atoms with E-state index in [4.69, 9.17) is 9.84 Å². The summed E-state index contributed by atoms with van der Waals surface area (Å²) in [7, 11) is 0. The number of ether oxygens (including phenoxy) is 1. The molecule has 0 fully saturated rings. The van der Waals surface area contributed by atoms with Crippen LogP contribution in [0.2, 0.25) is 0 Å². The molecule has 0 radical (unpaired) electrons. The van der Waals surface area contributed by atoms with Crippen LogP contribution in [0.5, 0.6) is 0 Å². The van der Waals surface area contributed by atoms with Crippen LogP contribution < -0.4 is 5.32 Å². The Kier molecular flexibility index (Phi) is 6.72. The minimum Gasteiger partial charge on any atom is -0.480 e. The molecule has 0 aromatic carbocycles. The van der Waals surface area contributed by atoms with Crippen molar-refractivity contribution in [2.24, 2.45) is 0 Å². The first-order chi connectivity index (χ1) is 7.76. The lowest BCUT2D eigenvalue weighted by Gasteiger charge is -2.21. The van der Waals surface area contributed by atoms with Crippen molar-refractivity contribution >= 4 is 23.8 Å². The van der Waals surface area contributed by atoms with Crippen molar-refractivity contribution in [2.75, 3.05) is 11.5 Å². The highest BCUT2D eigenvalue weighted by Crippen LogP contribution is 2.08. The summed E-state index contributed by atoms with van der Waals surface area (Å²) in [6.07, 6.45) is 0.959. The molecule has 5 nitrogen and oxygen atoms in total. The van der Waals surface area contributed by atoms with Crippen LogP contribution in [0.25, 0.3) is 0 Å². The highest BCUT2D eigenvalue weighted by Gasteiger charge is 2.23. The van der Waals surface area contributed by atoms with Gasteiger partial charge >= 0.3 is 12.1 Å². The van der Waals surface area contributed by atoms with E-state index in [0.29, 0.717) is 5.75 Å². The second kappa shape index (κ2) is 7.21. The monoisotopic (exact) mass is 261 g/mol. The largest absolute Gasteiger partial charge is 0.480 e. The topological polar surface area (TPSA) is 75.6 Å². The fraction of sp³-hybridized carbons (Fsp3) is 0.636.